The van der Waals surface area contributed by atoms with Gasteiger partial charge in [0.05, 0.1) is 0 Å². The molecule has 0 unspecified atom stereocenters. The predicted octanol–water partition coefficient (Wildman–Crippen LogP) is 1.93. The summed E-state index contributed by atoms with van der Waals surface area (Å²) in [7, 11) is 0. The van der Waals surface area contributed by atoms with Crippen molar-refractivity contribution in [3.05, 3.63) is 0 Å². The molecule has 0 aliphatic rings. The third-order valence-corrected chi connectivity index (χ3v) is 2.66. The topological polar surface area (TPSA) is 46.5 Å². The van der Waals surface area contributed by atoms with E-state index in [0.29, 0.717) is 6.42 Å². The molecule has 0 rings (SSSR count). The van der Waals surface area contributed by atoms with E-state index in [2.05, 4.69) is 10.7 Å². The van der Waals surface area contributed by atoms with Crippen molar-refractivity contribution in [3.63, 3.8) is 0 Å². The largest absolute Gasteiger partial charge is 0.739 e. The molecule has 0 spiro atoms. The minimum Gasteiger partial charge on any atom is -0.598 e. The second-order valence-corrected chi connectivity index (χ2v) is 4.06. The van der Waals surface area contributed by atoms with Gasteiger partial charge in [-0.25, -0.2) is 0 Å². The van der Waals surface area contributed by atoms with E-state index in [0.717, 1.165) is 12.8 Å². The molecule has 0 bridgehead atoms. The van der Waals surface area contributed by atoms with Gasteiger partial charge in [0.15, 0.2) is 0 Å². The summed E-state index contributed by atoms with van der Waals surface area (Å²) in [6, 6.07) is 0. The monoisotopic (exact) mass is 216 g/mol. The van der Waals surface area contributed by atoms with Gasteiger partial charge in [0.1, 0.15) is 0 Å². The van der Waals surface area contributed by atoms with E-state index in [1.54, 1.807) is 0 Å². The summed E-state index contributed by atoms with van der Waals surface area (Å²) in [5, 5.41) is 0. The Morgan fingerprint density at radius 3 is 2.29 bits per heavy atom. The predicted molar refractivity (Wildman–Crippen MR) is 58.1 cm³/mol. The molecule has 0 aliphatic heterocycles. The summed E-state index contributed by atoms with van der Waals surface area (Å²) < 4.78 is 13.0. The third kappa shape index (κ3) is 10.0. The summed E-state index contributed by atoms with van der Waals surface area (Å²) in [5.74, 6) is -0.229. The zero-order valence-corrected chi connectivity index (χ0v) is 10.5. The van der Waals surface area contributed by atoms with Crippen LogP contribution >= 0.6 is 0 Å². The molecule has 3 nitrogen and oxygen atoms in total. The Morgan fingerprint density at radius 2 is 1.71 bits per heavy atom. The molecular formula is C10H21AlO3. The first-order chi connectivity index (χ1) is 6.81. The molecule has 0 atom stereocenters. The van der Waals surface area contributed by atoms with Gasteiger partial charge >= 0.3 is 15.9 Å². The molecule has 4 heteroatoms. The molecule has 0 saturated carbocycles. The highest BCUT2D eigenvalue weighted by Gasteiger charge is 2.02. The Hall–Kier alpha value is -0.0375. The van der Waals surface area contributed by atoms with Gasteiger partial charge < -0.3 is 7.95 Å². The summed E-state index contributed by atoms with van der Waals surface area (Å²) in [4.78, 5) is 10.8. The molecule has 0 aromatic carbocycles. The molecule has 0 aliphatic carbocycles. The van der Waals surface area contributed by atoms with E-state index in [4.69, 9.17) is 4.16 Å². The summed E-state index contributed by atoms with van der Waals surface area (Å²) in [5.41, 5.74) is 0. The van der Waals surface area contributed by atoms with Crippen LogP contribution in [0.5, 0.6) is 0 Å². The van der Waals surface area contributed by atoms with E-state index in [1.807, 2.05) is 0 Å². The highest BCUT2D eigenvalue weighted by Crippen LogP contribution is 2.08. The van der Waals surface area contributed by atoms with Crippen LogP contribution in [0.4, 0.5) is 0 Å². The van der Waals surface area contributed by atoms with E-state index in [9.17, 15) is 4.79 Å². The summed E-state index contributed by atoms with van der Waals surface area (Å²) >= 11 is -1.53. The number of hydrogen-bond donors (Lipinski definition) is 1. The molecule has 0 aromatic rings. The molecule has 0 fully saturated rings. The standard InChI is InChI=1S/C10H20O2.Al.H2O.H/c1-2-3-4-5-6-7-8-9-10(11)12;;;/h2-9H2,1H3,(H,11,12);;1H2;/q;+2;;/p-2. The maximum atomic E-state index is 10.8. The van der Waals surface area contributed by atoms with Crippen LogP contribution in [0.2, 0.25) is 0 Å². The minimum atomic E-state index is -1.53. The van der Waals surface area contributed by atoms with Crippen molar-refractivity contribution in [1.82, 2.24) is 0 Å². The quantitative estimate of drug-likeness (QED) is 0.473. The molecular weight excluding hydrogens is 195 g/mol. The van der Waals surface area contributed by atoms with Gasteiger partial charge in [-0.2, -0.15) is 0 Å². The fraction of sp³-hybridized carbons (Fsp3) is 0.900. The third-order valence-electron chi connectivity index (χ3n) is 2.21. The second kappa shape index (κ2) is 11.0. The Balaban J connectivity index is 3.01. The minimum absolute atomic E-state index is 0.229. The van der Waals surface area contributed by atoms with Crippen LogP contribution in [0.1, 0.15) is 58.3 Å². The molecule has 0 aromatic heterocycles. The number of carbonyl (C=O) groups is 1. The fourth-order valence-corrected chi connectivity index (χ4v) is 1.66. The van der Waals surface area contributed by atoms with Gasteiger partial charge in [0.2, 0.25) is 0 Å². The normalized spacial score (nSPS) is 9.86. The highest BCUT2D eigenvalue weighted by atomic mass is 27.2. The van der Waals surface area contributed by atoms with Crippen LogP contribution in [0.25, 0.3) is 0 Å². The van der Waals surface area contributed by atoms with Crippen LogP contribution in [-0.2, 0) is 8.58 Å². The molecule has 0 heterocycles. The highest BCUT2D eigenvalue weighted by molar-refractivity contribution is 6.20. The lowest BCUT2D eigenvalue weighted by Crippen LogP contribution is -2.07. The van der Waals surface area contributed by atoms with Crippen molar-refractivity contribution in [2.24, 2.45) is 0 Å². The van der Waals surface area contributed by atoms with Crippen molar-refractivity contribution in [2.45, 2.75) is 58.3 Å². The SMILES string of the molecule is CCCCCCCCCC(=O)[O][AlH][OH]. The Kier molecular flexibility index (Phi) is 11.0. The maximum Gasteiger partial charge on any atom is 0.739 e. The van der Waals surface area contributed by atoms with Gasteiger partial charge in [-0.1, -0.05) is 45.4 Å². The second-order valence-electron chi connectivity index (χ2n) is 3.52. The van der Waals surface area contributed by atoms with Crippen molar-refractivity contribution in [3.8, 4) is 0 Å². The molecule has 82 valence electrons. The van der Waals surface area contributed by atoms with Crippen LogP contribution < -0.4 is 0 Å². The van der Waals surface area contributed by atoms with E-state index in [1.165, 1.54) is 32.1 Å². The number of unbranched alkanes of at least 4 members (excludes halogenated alkanes) is 6. The maximum absolute atomic E-state index is 10.8. The van der Waals surface area contributed by atoms with Gasteiger partial charge in [0.25, 0.3) is 5.97 Å². The van der Waals surface area contributed by atoms with Crippen molar-refractivity contribution in [2.75, 3.05) is 0 Å². The first kappa shape index (κ1) is 14.0. The zero-order valence-electron chi connectivity index (χ0n) is 9.13. The van der Waals surface area contributed by atoms with Crippen molar-refractivity contribution in [1.29, 1.82) is 0 Å². The zero-order chi connectivity index (χ0) is 10.6. The molecule has 0 saturated heterocycles. The van der Waals surface area contributed by atoms with Gasteiger partial charge in [-0.05, 0) is 6.42 Å². The van der Waals surface area contributed by atoms with Crippen LogP contribution in [0.15, 0.2) is 0 Å². The van der Waals surface area contributed by atoms with Crippen LogP contribution in [-0.4, -0.2) is 26.0 Å². The first-order valence-corrected chi connectivity index (χ1v) is 6.78. The molecule has 0 amide bonds. The van der Waals surface area contributed by atoms with Crippen LogP contribution in [0, 0.1) is 0 Å². The molecule has 0 radical (unpaired) electrons. The Morgan fingerprint density at radius 1 is 1.14 bits per heavy atom. The average molecular weight is 216 g/mol. The fourth-order valence-electron chi connectivity index (χ4n) is 1.37. The summed E-state index contributed by atoms with van der Waals surface area (Å²) in [6.45, 7) is 2.20. The smallest absolute Gasteiger partial charge is 0.598 e. The molecule has 1 N–H and O–H groups in total. The van der Waals surface area contributed by atoms with Gasteiger partial charge in [-0.15, -0.1) is 0 Å². The average Bonchev–Trinajstić information content (AvgIpc) is 2.17. The number of hydrogen-bond acceptors (Lipinski definition) is 3. The number of carbonyl (C=O) groups excluding carboxylic acids is 1. The Bertz CT molecular complexity index is 139. The number of rotatable bonds is 9. The van der Waals surface area contributed by atoms with Crippen LogP contribution in [0.3, 0.4) is 0 Å². The van der Waals surface area contributed by atoms with Gasteiger partial charge in [0, 0.05) is 6.42 Å². The molecule has 14 heavy (non-hydrogen) atoms. The lowest BCUT2D eigenvalue weighted by molar-refractivity contribution is -0.135. The van der Waals surface area contributed by atoms with E-state index >= 15 is 0 Å². The lowest BCUT2D eigenvalue weighted by atomic mass is 10.1. The van der Waals surface area contributed by atoms with Crippen molar-refractivity contribution >= 4 is 21.9 Å². The van der Waals surface area contributed by atoms with E-state index in [-0.39, 0.29) is 5.97 Å². The summed E-state index contributed by atoms with van der Waals surface area (Å²) in [6.07, 6.45) is 8.87. The lowest BCUT2D eigenvalue weighted by Gasteiger charge is -2.02. The Labute approximate surface area is 93.2 Å². The van der Waals surface area contributed by atoms with E-state index < -0.39 is 15.9 Å². The first-order valence-electron chi connectivity index (χ1n) is 5.57. The van der Waals surface area contributed by atoms with Gasteiger partial charge in [-0.3, -0.25) is 4.79 Å². The van der Waals surface area contributed by atoms with Crippen molar-refractivity contribution < 1.29 is 12.7 Å².